The highest BCUT2D eigenvalue weighted by Crippen LogP contribution is 2.45. The largest absolute Gasteiger partial charge is 0.472 e. The molecule has 0 saturated heterocycles. The van der Waals surface area contributed by atoms with E-state index in [0.29, 0.717) is 31.6 Å². The highest BCUT2D eigenvalue weighted by molar-refractivity contribution is 7.47. The minimum Gasteiger partial charge on any atom is -0.462 e. The summed E-state index contributed by atoms with van der Waals surface area (Å²) in [6.45, 7) is 7.17. The average molecular weight is 1430 g/mol. The number of aliphatic hydroxyl groups excluding tert-OH is 1. The third-order valence-corrected chi connectivity index (χ3v) is 19.8. The Bertz CT molecular complexity index is 1970. The van der Waals surface area contributed by atoms with Crippen molar-refractivity contribution < 1.29 is 80.2 Å². The van der Waals surface area contributed by atoms with Crippen LogP contribution in [-0.2, 0) is 65.4 Å². The maximum Gasteiger partial charge on any atom is 0.472 e. The fraction of sp³-hybridized carbons (Fsp3) is 0.899. The average Bonchev–Trinajstić information content (AvgIpc) is 2.02. The Morgan fingerprint density at radius 1 is 0.316 bits per heavy atom. The van der Waals surface area contributed by atoms with Crippen molar-refractivity contribution in [1.82, 2.24) is 0 Å². The van der Waals surface area contributed by atoms with Crippen LogP contribution in [0, 0.1) is 5.92 Å². The first kappa shape index (κ1) is 95.5. The van der Waals surface area contributed by atoms with E-state index in [9.17, 15) is 43.2 Å². The van der Waals surface area contributed by atoms with Crippen molar-refractivity contribution in [3.63, 3.8) is 0 Å². The van der Waals surface area contributed by atoms with Crippen LogP contribution in [0.4, 0.5) is 0 Å². The number of phosphoric acid groups is 2. The molecule has 0 bridgehead atoms. The van der Waals surface area contributed by atoms with E-state index in [1.165, 1.54) is 193 Å². The minimum atomic E-state index is -4.97. The zero-order chi connectivity index (χ0) is 71.9. The van der Waals surface area contributed by atoms with Crippen molar-refractivity contribution >= 4 is 39.5 Å². The third kappa shape index (κ3) is 71.9. The first-order valence-corrected chi connectivity index (χ1v) is 43.4. The highest BCUT2D eigenvalue weighted by Gasteiger charge is 2.30. The lowest BCUT2D eigenvalue weighted by molar-refractivity contribution is -0.161. The zero-order valence-electron chi connectivity index (χ0n) is 63.4. The molecule has 0 aromatic rings. The molecule has 0 aliphatic rings. The van der Waals surface area contributed by atoms with Crippen molar-refractivity contribution in [1.29, 1.82) is 0 Å². The van der Waals surface area contributed by atoms with Gasteiger partial charge >= 0.3 is 39.5 Å². The quantitative estimate of drug-likeness (QED) is 0.0169. The Labute approximate surface area is 599 Å². The van der Waals surface area contributed by atoms with Crippen molar-refractivity contribution in [2.75, 3.05) is 39.6 Å². The topological polar surface area (TPSA) is 237 Å². The number of rotatable bonds is 77. The van der Waals surface area contributed by atoms with Crippen LogP contribution < -0.4 is 0 Å². The standard InChI is InChI=1S/C79H150O17P2/c1-6-9-12-15-18-21-24-26-28-29-30-31-32-33-34-36-38-41-44-49-55-60-65-79(84)95-74(68-89-76(81)62-57-52-47-42-40-37-35-27-25-22-19-16-13-10-7-2)70-93-97(85,86)91-66-73(80)67-92-98(87,88)94-71-75(69-90-77(82)63-58-53-50-45-46-51-56-61-72(4)5)96-78(83)64-59-54-48-43-39-23-20-17-14-11-8-3/h22,25,27,35,72-75,80H,6-21,23-24,26,28-34,36-71H2,1-5H3,(H,85,86)(H,87,88)/b25-22-,35-27-/t73-,74-,75-/m1/s1. The van der Waals surface area contributed by atoms with Crippen LogP contribution >= 0.6 is 15.6 Å². The van der Waals surface area contributed by atoms with Crippen LogP contribution in [0.1, 0.15) is 394 Å². The molecule has 0 saturated carbocycles. The molecule has 0 spiro atoms. The second kappa shape index (κ2) is 71.5. The van der Waals surface area contributed by atoms with E-state index in [2.05, 4.69) is 58.9 Å². The van der Waals surface area contributed by atoms with Crippen LogP contribution in [0.3, 0.4) is 0 Å². The summed E-state index contributed by atoms with van der Waals surface area (Å²) < 4.78 is 68.5. The van der Waals surface area contributed by atoms with Gasteiger partial charge in [0.2, 0.25) is 0 Å². The lowest BCUT2D eigenvalue weighted by Gasteiger charge is -2.21. The van der Waals surface area contributed by atoms with E-state index in [-0.39, 0.29) is 25.7 Å². The second-order valence-electron chi connectivity index (χ2n) is 28.2. The van der Waals surface area contributed by atoms with E-state index >= 15 is 0 Å². The summed E-state index contributed by atoms with van der Waals surface area (Å²) in [7, 11) is -9.92. The second-order valence-corrected chi connectivity index (χ2v) is 31.2. The van der Waals surface area contributed by atoms with Crippen molar-refractivity contribution in [3.8, 4) is 0 Å². The van der Waals surface area contributed by atoms with Gasteiger partial charge in [0.1, 0.15) is 19.3 Å². The van der Waals surface area contributed by atoms with Gasteiger partial charge < -0.3 is 33.8 Å². The lowest BCUT2D eigenvalue weighted by Crippen LogP contribution is -2.30. The van der Waals surface area contributed by atoms with E-state index in [1.54, 1.807) is 0 Å². The number of carbonyl (C=O) groups is 4. The molecule has 0 amide bonds. The van der Waals surface area contributed by atoms with Gasteiger partial charge in [-0.2, -0.15) is 0 Å². The summed E-state index contributed by atoms with van der Waals surface area (Å²) in [4.78, 5) is 72.8. The van der Waals surface area contributed by atoms with Gasteiger partial charge in [-0.1, -0.05) is 341 Å². The highest BCUT2D eigenvalue weighted by atomic mass is 31.2. The number of carbonyl (C=O) groups excluding carboxylic acids is 4. The molecular formula is C79H150O17P2. The first-order valence-electron chi connectivity index (χ1n) is 40.5. The Kier molecular flexibility index (Phi) is 69.7. The number of esters is 4. The number of aliphatic hydroxyl groups is 1. The van der Waals surface area contributed by atoms with Gasteiger partial charge in [0, 0.05) is 25.7 Å². The molecule has 0 aromatic carbocycles. The first-order chi connectivity index (χ1) is 47.5. The molecule has 0 fully saturated rings. The Hall–Kier alpha value is -2.46. The van der Waals surface area contributed by atoms with Crippen LogP contribution in [0.5, 0.6) is 0 Å². The molecule has 0 aliphatic heterocycles. The lowest BCUT2D eigenvalue weighted by atomic mass is 10.0. The molecule has 3 N–H and O–H groups in total. The Morgan fingerprint density at radius 3 is 0.837 bits per heavy atom. The number of allylic oxidation sites excluding steroid dienone is 4. The normalized spacial score (nSPS) is 14.1. The van der Waals surface area contributed by atoms with E-state index in [1.807, 2.05) is 0 Å². The van der Waals surface area contributed by atoms with Crippen LogP contribution in [0.15, 0.2) is 24.3 Å². The predicted molar refractivity (Wildman–Crippen MR) is 400 cm³/mol. The maximum absolute atomic E-state index is 13.1. The summed E-state index contributed by atoms with van der Waals surface area (Å²) in [5.41, 5.74) is 0. The molecule has 578 valence electrons. The zero-order valence-corrected chi connectivity index (χ0v) is 65.2. The molecule has 0 heterocycles. The summed E-state index contributed by atoms with van der Waals surface area (Å²) in [6, 6.07) is 0. The number of ether oxygens (including phenoxy) is 4. The molecule has 19 heteroatoms. The van der Waals surface area contributed by atoms with Crippen LogP contribution in [0.2, 0.25) is 0 Å². The minimum absolute atomic E-state index is 0.102. The molecule has 2 unspecified atom stereocenters. The van der Waals surface area contributed by atoms with Crippen molar-refractivity contribution in [2.45, 2.75) is 412 Å². The molecule has 0 rings (SSSR count). The number of hydrogen-bond donors (Lipinski definition) is 3. The van der Waals surface area contributed by atoms with Gasteiger partial charge in [-0.3, -0.25) is 37.3 Å². The summed E-state index contributed by atoms with van der Waals surface area (Å²) in [5.74, 6) is -1.44. The van der Waals surface area contributed by atoms with Crippen LogP contribution in [0.25, 0.3) is 0 Å². The molecule has 5 atom stereocenters. The maximum atomic E-state index is 13.1. The van der Waals surface area contributed by atoms with E-state index in [4.69, 9.17) is 37.0 Å². The fourth-order valence-electron chi connectivity index (χ4n) is 11.7. The van der Waals surface area contributed by atoms with Gasteiger partial charge in [-0.15, -0.1) is 0 Å². The molecule has 0 radical (unpaired) electrons. The third-order valence-electron chi connectivity index (χ3n) is 17.9. The summed E-state index contributed by atoms with van der Waals surface area (Å²) in [5, 5.41) is 10.6. The molecule has 17 nitrogen and oxygen atoms in total. The molecular weight excluding hydrogens is 1280 g/mol. The molecule has 0 aliphatic carbocycles. The van der Waals surface area contributed by atoms with Gasteiger partial charge in [0.15, 0.2) is 12.2 Å². The molecule has 0 aromatic heterocycles. The summed E-state index contributed by atoms with van der Waals surface area (Å²) >= 11 is 0. The number of phosphoric ester groups is 2. The SMILES string of the molecule is CCCCCC/C=C\C=C/CCCCCCCC(=O)OC[C@H](COP(=O)(O)OC[C@@H](O)COP(=O)(O)OC[C@@H](COC(=O)CCCCCCCCCC(C)C)OC(=O)CCCCCCCCCCCCC)OC(=O)CCCCCCCCCCCCCCCCCCCCCCCC. The predicted octanol–water partition coefficient (Wildman–Crippen LogP) is 23.2. The summed E-state index contributed by atoms with van der Waals surface area (Å²) in [6.07, 6.45) is 64.9. The van der Waals surface area contributed by atoms with Crippen LogP contribution in [-0.4, -0.2) is 96.7 Å². The van der Waals surface area contributed by atoms with Gasteiger partial charge in [-0.25, -0.2) is 9.13 Å². The monoisotopic (exact) mass is 1430 g/mol. The van der Waals surface area contributed by atoms with Gasteiger partial charge in [-0.05, 0) is 57.3 Å². The Balaban J connectivity index is 5.22. The number of unbranched alkanes of at least 4 members (excludes halogenated alkanes) is 46. The van der Waals surface area contributed by atoms with E-state index < -0.39 is 97.5 Å². The Morgan fingerprint density at radius 2 is 0.551 bits per heavy atom. The fourth-order valence-corrected chi connectivity index (χ4v) is 13.3. The van der Waals surface area contributed by atoms with Crippen molar-refractivity contribution in [2.24, 2.45) is 5.92 Å². The van der Waals surface area contributed by atoms with Gasteiger partial charge in [0.05, 0.1) is 26.4 Å². The van der Waals surface area contributed by atoms with Gasteiger partial charge in [0.25, 0.3) is 0 Å². The smallest absolute Gasteiger partial charge is 0.462 e. The van der Waals surface area contributed by atoms with E-state index in [0.717, 1.165) is 116 Å². The molecule has 98 heavy (non-hydrogen) atoms. The van der Waals surface area contributed by atoms with Crippen molar-refractivity contribution in [3.05, 3.63) is 24.3 Å². The number of hydrogen-bond acceptors (Lipinski definition) is 15.